The summed E-state index contributed by atoms with van der Waals surface area (Å²) < 4.78 is 11.8. The van der Waals surface area contributed by atoms with Crippen molar-refractivity contribution in [1.82, 2.24) is 0 Å². The molecule has 0 aliphatic heterocycles. The van der Waals surface area contributed by atoms with Gasteiger partial charge in [0, 0.05) is 13.2 Å². The van der Waals surface area contributed by atoms with Crippen LogP contribution in [-0.2, 0) is 9.47 Å². The van der Waals surface area contributed by atoms with E-state index >= 15 is 0 Å². The maximum absolute atomic E-state index is 10.9. The molecule has 2 N–H and O–H groups in total. The maximum Gasteiger partial charge on any atom is 0.104 e. The Bertz CT molecular complexity index is 662. The first-order valence-corrected chi connectivity index (χ1v) is 20.8. The highest BCUT2D eigenvalue weighted by molar-refractivity contribution is 4.73. The summed E-state index contributed by atoms with van der Waals surface area (Å²) >= 11 is 0. The van der Waals surface area contributed by atoms with Gasteiger partial charge >= 0.3 is 0 Å². The second-order valence-electron chi connectivity index (χ2n) is 17.6. The van der Waals surface area contributed by atoms with Crippen molar-refractivity contribution in [1.29, 1.82) is 0 Å². The third kappa shape index (κ3) is 31.6. The minimum Gasteiger partial charge on any atom is -0.394 e. The van der Waals surface area contributed by atoms with E-state index in [0.717, 1.165) is 61.4 Å². The molecule has 0 saturated heterocycles. The van der Waals surface area contributed by atoms with Crippen LogP contribution in [-0.4, -0.2) is 48.3 Å². The van der Waals surface area contributed by atoms with E-state index in [0.29, 0.717) is 25.6 Å². The fourth-order valence-electron chi connectivity index (χ4n) is 6.97. The van der Waals surface area contributed by atoms with Crippen LogP contribution in [0.25, 0.3) is 0 Å². The van der Waals surface area contributed by atoms with Crippen LogP contribution in [0, 0.1) is 41.4 Å². The van der Waals surface area contributed by atoms with Crippen LogP contribution >= 0.6 is 0 Å². The quantitative estimate of drug-likeness (QED) is 0.0670. The predicted molar refractivity (Wildman–Crippen MR) is 206 cm³/mol. The third-order valence-electron chi connectivity index (χ3n) is 10.8. The van der Waals surface area contributed by atoms with Crippen LogP contribution in [0.5, 0.6) is 0 Å². The summed E-state index contributed by atoms with van der Waals surface area (Å²) in [6.07, 6.45) is 24.7. The Morgan fingerprint density at radius 3 is 1.21 bits per heavy atom. The zero-order valence-corrected chi connectivity index (χ0v) is 33.8. The molecule has 4 nitrogen and oxygen atoms in total. The molecule has 0 aliphatic carbocycles. The Morgan fingerprint density at radius 2 is 0.830 bits per heavy atom. The number of hydrogen-bond acceptors (Lipinski definition) is 4. The molecule has 0 bridgehead atoms. The number of ether oxygens (including phenoxy) is 2. The molecule has 0 amide bonds. The van der Waals surface area contributed by atoms with E-state index in [-0.39, 0.29) is 12.7 Å². The molecule has 0 heterocycles. The smallest absolute Gasteiger partial charge is 0.104 e. The Hall–Kier alpha value is -0.160. The fraction of sp³-hybridized carbons (Fsp3) is 1.00. The van der Waals surface area contributed by atoms with Crippen LogP contribution in [0.4, 0.5) is 0 Å². The summed E-state index contributed by atoms with van der Waals surface area (Å²) in [4.78, 5) is 0. The lowest BCUT2D eigenvalue weighted by atomic mass is 9.89. The van der Waals surface area contributed by atoms with Gasteiger partial charge in [-0.2, -0.15) is 0 Å². The normalized spacial score (nSPS) is 17.5. The predicted octanol–water partition coefficient (Wildman–Crippen LogP) is 12.4. The lowest BCUT2D eigenvalue weighted by Gasteiger charge is -2.25. The molecular formula is C43H88O4. The second-order valence-corrected chi connectivity index (χ2v) is 17.6. The molecule has 7 unspecified atom stereocenters. The standard InChI is InChI=1S/C43H88O4/c1-35(2)17-11-19-37(5)21-13-23-39(7)24-15-26-41(9)28-31-46-34-42(33-44)47-32-30-43(10,45)29-16-27-40(8)25-14-22-38(6)20-12-18-36(3)4/h35-42,44-45H,11-34H2,1-10H3. The van der Waals surface area contributed by atoms with Gasteiger partial charge in [0.2, 0.25) is 0 Å². The number of rotatable bonds is 34. The third-order valence-corrected chi connectivity index (χ3v) is 10.8. The van der Waals surface area contributed by atoms with Gasteiger partial charge in [-0.25, -0.2) is 0 Å². The SMILES string of the molecule is CC(C)CCCC(C)CCCC(C)CCCC(C)CCOCC(CO)OCCC(C)(O)CCCC(C)CCCC(C)CCCC(C)C. The molecule has 47 heavy (non-hydrogen) atoms. The molecule has 0 aromatic rings. The lowest BCUT2D eigenvalue weighted by Crippen LogP contribution is -2.30. The van der Waals surface area contributed by atoms with Crippen molar-refractivity contribution in [2.45, 2.75) is 209 Å². The fourth-order valence-corrected chi connectivity index (χ4v) is 6.97. The van der Waals surface area contributed by atoms with Gasteiger partial charge in [0.05, 0.1) is 18.8 Å². The first-order valence-electron chi connectivity index (χ1n) is 20.8. The first-order chi connectivity index (χ1) is 22.2. The first kappa shape index (κ1) is 46.8. The Morgan fingerprint density at radius 1 is 0.468 bits per heavy atom. The Labute approximate surface area is 296 Å². The number of hydrogen-bond donors (Lipinski definition) is 2. The van der Waals surface area contributed by atoms with Crippen molar-refractivity contribution in [3.05, 3.63) is 0 Å². The average molecular weight is 669 g/mol. The second kappa shape index (κ2) is 29.6. The van der Waals surface area contributed by atoms with E-state index in [2.05, 4.69) is 62.3 Å². The van der Waals surface area contributed by atoms with Crippen molar-refractivity contribution in [3.8, 4) is 0 Å². The summed E-state index contributed by atoms with van der Waals surface area (Å²) in [6.45, 7) is 24.8. The molecule has 0 saturated carbocycles. The van der Waals surface area contributed by atoms with E-state index in [9.17, 15) is 10.2 Å². The molecule has 284 valence electrons. The Kier molecular flexibility index (Phi) is 29.5. The molecule has 7 atom stereocenters. The van der Waals surface area contributed by atoms with Gasteiger partial charge in [0.1, 0.15) is 6.10 Å². The van der Waals surface area contributed by atoms with Crippen LogP contribution in [0.2, 0.25) is 0 Å². The average Bonchev–Trinajstić information content (AvgIpc) is 2.97. The van der Waals surface area contributed by atoms with Gasteiger partial charge in [-0.05, 0) is 67.6 Å². The summed E-state index contributed by atoms with van der Waals surface area (Å²) in [6, 6.07) is 0. The molecule has 0 aromatic heterocycles. The van der Waals surface area contributed by atoms with Crippen LogP contribution < -0.4 is 0 Å². The molecule has 0 radical (unpaired) electrons. The van der Waals surface area contributed by atoms with Crippen LogP contribution in [0.15, 0.2) is 0 Å². The highest BCUT2D eigenvalue weighted by Gasteiger charge is 2.21. The highest BCUT2D eigenvalue weighted by Crippen LogP contribution is 2.25. The van der Waals surface area contributed by atoms with Gasteiger partial charge in [0.25, 0.3) is 0 Å². The van der Waals surface area contributed by atoms with E-state index in [1.165, 1.54) is 103 Å². The van der Waals surface area contributed by atoms with Crippen LogP contribution in [0.3, 0.4) is 0 Å². The summed E-state index contributed by atoms with van der Waals surface area (Å²) in [5.41, 5.74) is -0.718. The zero-order chi connectivity index (χ0) is 35.5. The Balaban J connectivity index is 3.89. The van der Waals surface area contributed by atoms with Crippen molar-refractivity contribution in [3.63, 3.8) is 0 Å². The van der Waals surface area contributed by atoms with Gasteiger partial charge in [-0.3, -0.25) is 0 Å². The number of aliphatic hydroxyl groups excluding tert-OH is 1. The summed E-state index contributed by atoms with van der Waals surface area (Å²) in [7, 11) is 0. The molecule has 0 spiro atoms. The molecule has 4 heteroatoms. The molecule has 0 rings (SSSR count). The van der Waals surface area contributed by atoms with Crippen molar-refractivity contribution >= 4 is 0 Å². The highest BCUT2D eigenvalue weighted by atomic mass is 16.5. The monoisotopic (exact) mass is 669 g/mol. The molecular weight excluding hydrogens is 580 g/mol. The largest absolute Gasteiger partial charge is 0.394 e. The molecule has 0 aromatic carbocycles. The van der Waals surface area contributed by atoms with Crippen molar-refractivity contribution < 1.29 is 19.7 Å². The number of aliphatic hydroxyl groups is 2. The van der Waals surface area contributed by atoms with Gasteiger partial charge in [-0.1, -0.05) is 171 Å². The van der Waals surface area contributed by atoms with E-state index in [1.54, 1.807) is 0 Å². The van der Waals surface area contributed by atoms with E-state index < -0.39 is 5.60 Å². The van der Waals surface area contributed by atoms with Crippen molar-refractivity contribution in [2.75, 3.05) is 26.4 Å². The topological polar surface area (TPSA) is 58.9 Å². The minimum atomic E-state index is -0.718. The van der Waals surface area contributed by atoms with Crippen molar-refractivity contribution in [2.24, 2.45) is 41.4 Å². The lowest BCUT2D eigenvalue weighted by molar-refractivity contribution is -0.0644. The van der Waals surface area contributed by atoms with Crippen LogP contribution in [0.1, 0.15) is 198 Å². The minimum absolute atomic E-state index is 0.0415. The van der Waals surface area contributed by atoms with Gasteiger partial charge < -0.3 is 19.7 Å². The molecule has 0 aliphatic rings. The van der Waals surface area contributed by atoms with E-state index in [4.69, 9.17) is 9.47 Å². The van der Waals surface area contributed by atoms with Gasteiger partial charge in [0.15, 0.2) is 0 Å². The van der Waals surface area contributed by atoms with Gasteiger partial charge in [-0.15, -0.1) is 0 Å². The van der Waals surface area contributed by atoms with E-state index in [1.807, 2.05) is 6.92 Å². The summed E-state index contributed by atoms with van der Waals surface area (Å²) in [5.74, 6) is 5.62. The zero-order valence-electron chi connectivity index (χ0n) is 33.8. The summed E-state index contributed by atoms with van der Waals surface area (Å²) in [5, 5.41) is 20.7. The maximum atomic E-state index is 10.9. The molecule has 0 fully saturated rings.